The van der Waals surface area contributed by atoms with Gasteiger partial charge in [0.1, 0.15) is 12.7 Å². The van der Waals surface area contributed by atoms with Crippen LogP contribution < -0.4 is 0 Å². The zero-order chi connectivity index (χ0) is 39.1. The van der Waals surface area contributed by atoms with E-state index in [9.17, 15) is 24.2 Å². The van der Waals surface area contributed by atoms with Gasteiger partial charge in [-0.2, -0.15) is 0 Å². The van der Waals surface area contributed by atoms with Gasteiger partial charge in [0.15, 0.2) is 6.10 Å². The fourth-order valence-electron chi connectivity index (χ4n) is 5.49. The highest BCUT2D eigenvalue weighted by Crippen LogP contribution is 2.43. The molecule has 0 amide bonds. The zero-order valence-corrected chi connectivity index (χ0v) is 34.4. The summed E-state index contributed by atoms with van der Waals surface area (Å²) in [6, 6.07) is 0. The molecule has 10 nitrogen and oxygen atoms in total. The van der Waals surface area contributed by atoms with Crippen molar-refractivity contribution in [3.8, 4) is 0 Å². The number of esters is 2. The normalized spacial score (nSPS) is 14.3. The number of rotatable bonds is 39. The molecule has 0 saturated heterocycles. The van der Waals surface area contributed by atoms with Crippen LogP contribution in [-0.4, -0.2) is 65.7 Å². The Morgan fingerprint density at radius 3 is 1.51 bits per heavy atom. The molecule has 0 radical (unpaired) electrons. The number of phosphoric ester groups is 1. The summed E-state index contributed by atoms with van der Waals surface area (Å²) in [6.45, 7) is 2.32. The third-order valence-electron chi connectivity index (χ3n) is 8.77. The van der Waals surface area contributed by atoms with Gasteiger partial charge in [-0.3, -0.25) is 18.6 Å². The van der Waals surface area contributed by atoms with Crippen LogP contribution in [0.1, 0.15) is 181 Å². The molecule has 0 heterocycles. The second-order valence-electron chi connectivity index (χ2n) is 14.0. The number of carbonyl (C=O) groups is 2. The molecule has 53 heavy (non-hydrogen) atoms. The van der Waals surface area contributed by atoms with Crippen LogP contribution in [0.15, 0.2) is 36.5 Å². The highest BCUT2D eigenvalue weighted by molar-refractivity contribution is 7.47. The Morgan fingerprint density at radius 1 is 0.566 bits per heavy atom. The second kappa shape index (κ2) is 38.5. The van der Waals surface area contributed by atoms with Gasteiger partial charge in [-0.05, 0) is 70.6 Å². The molecule has 3 atom stereocenters. The summed E-state index contributed by atoms with van der Waals surface area (Å²) in [7, 11) is -4.62. The highest BCUT2D eigenvalue weighted by atomic mass is 31.2. The Morgan fingerprint density at radius 2 is 0.981 bits per heavy atom. The van der Waals surface area contributed by atoms with Crippen LogP contribution >= 0.6 is 7.82 Å². The fourth-order valence-corrected chi connectivity index (χ4v) is 6.28. The molecule has 0 aromatic rings. The van der Waals surface area contributed by atoms with E-state index in [-0.39, 0.29) is 19.4 Å². The SMILES string of the molecule is CCCCC/C=C/C/C=C/CCCCCCCCCC(=O)OC[C@H](COP(=O)(O)OC[C@@H](O)CO)OC(=O)CCCCCCC/C=C/CCCCCC. The van der Waals surface area contributed by atoms with Crippen molar-refractivity contribution in [2.45, 2.75) is 193 Å². The van der Waals surface area contributed by atoms with Crippen LogP contribution in [0, 0.1) is 0 Å². The number of ether oxygens (including phenoxy) is 2. The second-order valence-corrected chi connectivity index (χ2v) is 15.5. The van der Waals surface area contributed by atoms with Crippen LogP contribution in [0.25, 0.3) is 0 Å². The lowest BCUT2D eigenvalue weighted by Gasteiger charge is -2.20. The van der Waals surface area contributed by atoms with E-state index < -0.39 is 51.8 Å². The van der Waals surface area contributed by atoms with E-state index in [1.165, 1.54) is 70.6 Å². The van der Waals surface area contributed by atoms with Crippen LogP contribution in [0.3, 0.4) is 0 Å². The summed E-state index contributed by atoms with van der Waals surface area (Å²) in [4.78, 5) is 34.9. The molecule has 0 aromatic heterocycles. The number of phosphoric acid groups is 1. The van der Waals surface area contributed by atoms with Crippen molar-refractivity contribution in [1.82, 2.24) is 0 Å². The van der Waals surface area contributed by atoms with Crippen molar-refractivity contribution in [2.24, 2.45) is 0 Å². The van der Waals surface area contributed by atoms with E-state index in [0.29, 0.717) is 12.8 Å². The summed E-state index contributed by atoms with van der Waals surface area (Å²) in [5.41, 5.74) is 0. The van der Waals surface area contributed by atoms with E-state index in [4.69, 9.17) is 19.1 Å². The van der Waals surface area contributed by atoms with Gasteiger partial charge in [0, 0.05) is 12.8 Å². The number of allylic oxidation sites excluding steroid dienone is 6. The lowest BCUT2D eigenvalue weighted by molar-refractivity contribution is -0.161. The molecule has 0 saturated carbocycles. The maximum Gasteiger partial charge on any atom is 0.472 e. The molecule has 0 spiro atoms. The predicted octanol–water partition coefficient (Wildman–Crippen LogP) is 10.8. The van der Waals surface area contributed by atoms with Gasteiger partial charge < -0.3 is 24.6 Å². The third kappa shape index (κ3) is 38.3. The van der Waals surface area contributed by atoms with Crippen LogP contribution in [-0.2, 0) is 32.7 Å². The largest absolute Gasteiger partial charge is 0.472 e. The van der Waals surface area contributed by atoms with Gasteiger partial charge in [-0.1, -0.05) is 134 Å². The number of aliphatic hydroxyl groups excluding tert-OH is 2. The molecular formula is C42H77O10P. The molecule has 0 bridgehead atoms. The van der Waals surface area contributed by atoms with Gasteiger partial charge >= 0.3 is 19.8 Å². The molecule has 11 heteroatoms. The van der Waals surface area contributed by atoms with Crippen molar-refractivity contribution in [3.63, 3.8) is 0 Å². The summed E-state index contributed by atoms with van der Waals surface area (Å²) in [5, 5.41) is 18.3. The maximum atomic E-state index is 12.6. The number of unbranched alkanes of at least 4 members (excludes halogenated alkanes) is 19. The van der Waals surface area contributed by atoms with Crippen molar-refractivity contribution in [3.05, 3.63) is 36.5 Å². The van der Waals surface area contributed by atoms with E-state index in [2.05, 4.69) is 54.8 Å². The molecule has 1 unspecified atom stereocenters. The Labute approximate surface area is 322 Å². The quantitative estimate of drug-likeness (QED) is 0.0238. The highest BCUT2D eigenvalue weighted by Gasteiger charge is 2.27. The molecule has 0 rings (SSSR count). The van der Waals surface area contributed by atoms with Gasteiger partial charge in [0.2, 0.25) is 0 Å². The van der Waals surface area contributed by atoms with E-state index in [1.54, 1.807) is 0 Å². The molecule has 310 valence electrons. The Kier molecular flexibility index (Phi) is 37.2. The summed E-state index contributed by atoms with van der Waals surface area (Å²) in [5.74, 6) is -0.944. The van der Waals surface area contributed by atoms with Crippen molar-refractivity contribution in [1.29, 1.82) is 0 Å². The lowest BCUT2D eigenvalue weighted by atomic mass is 10.1. The van der Waals surface area contributed by atoms with Gasteiger partial charge in [-0.15, -0.1) is 0 Å². The number of carbonyl (C=O) groups excluding carboxylic acids is 2. The zero-order valence-electron chi connectivity index (χ0n) is 33.5. The van der Waals surface area contributed by atoms with Crippen molar-refractivity contribution in [2.75, 3.05) is 26.4 Å². The first-order valence-corrected chi connectivity index (χ1v) is 22.4. The lowest BCUT2D eigenvalue weighted by Crippen LogP contribution is -2.29. The smallest absolute Gasteiger partial charge is 0.462 e. The molecule has 0 aliphatic rings. The molecule has 3 N–H and O–H groups in total. The molecule has 0 aliphatic heterocycles. The van der Waals surface area contributed by atoms with E-state index >= 15 is 0 Å². The van der Waals surface area contributed by atoms with E-state index in [0.717, 1.165) is 70.6 Å². The first-order chi connectivity index (χ1) is 25.7. The molecule has 0 aromatic carbocycles. The monoisotopic (exact) mass is 773 g/mol. The molecule has 0 fully saturated rings. The third-order valence-corrected chi connectivity index (χ3v) is 9.72. The summed E-state index contributed by atoms with van der Waals surface area (Å²) >= 11 is 0. The van der Waals surface area contributed by atoms with Gasteiger partial charge in [-0.25, -0.2) is 4.57 Å². The van der Waals surface area contributed by atoms with Crippen LogP contribution in [0.5, 0.6) is 0 Å². The number of hydrogen-bond acceptors (Lipinski definition) is 9. The number of aliphatic hydroxyl groups is 2. The molecule has 0 aliphatic carbocycles. The average molecular weight is 773 g/mol. The Balaban J connectivity index is 4.32. The average Bonchev–Trinajstić information content (AvgIpc) is 3.14. The van der Waals surface area contributed by atoms with Crippen molar-refractivity contribution < 1.29 is 47.8 Å². The first-order valence-electron chi connectivity index (χ1n) is 20.9. The maximum absolute atomic E-state index is 12.6. The summed E-state index contributed by atoms with van der Waals surface area (Å²) in [6.07, 6.45) is 38.2. The standard InChI is InChI=1S/C42H77O10P/c1-3-5-7-9-11-13-15-17-18-19-20-22-23-25-27-29-31-33-41(45)49-37-40(38-51-53(47,48)50-36-39(44)35-43)52-42(46)34-32-30-28-26-24-21-16-14-12-10-8-6-4-2/h11,13-14,16-18,39-40,43-44H,3-10,12,15,19-38H2,1-2H3,(H,47,48)/b13-11+,16-14+,18-17+/t39-,40+/m0/s1. The van der Waals surface area contributed by atoms with Gasteiger partial charge in [0.25, 0.3) is 0 Å². The number of hydrogen-bond donors (Lipinski definition) is 3. The Bertz CT molecular complexity index is 983. The van der Waals surface area contributed by atoms with Crippen LogP contribution in [0.2, 0.25) is 0 Å². The minimum atomic E-state index is -4.62. The van der Waals surface area contributed by atoms with Gasteiger partial charge in [0.05, 0.1) is 19.8 Å². The minimum Gasteiger partial charge on any atom is -0.462 e. The van der Waals surface area contributed by atoms with Crippen molar-refractivity contribution >= 4 is 19.8 Å². The predicted molar refractivity (Wildman–Crippen MR) is 214 cm³/mol. The summed E-state index contributed by atoms with van der Waals surface area (Å²) < 4.78 is 32.6. The Hall–Kier alpha value is -1.81. The first kappa shape index (κ1) is 51.2. The molecular weight excluding hydrogens is 695 g/mol. The topological polar surface area (TPSA) is 149 Å². The fraction of sp³-hybridized carbons (Fsp3) is 0.810. The van der Waals surface area contributed by atoms with E-state index in [1.807, 2.05) is 0 Å². The van der Waals surface area contributed by atoms with Crippen LogP contribution in [0.4, 0.5) is 0 Å². The minimum absolute atomic E-state index is 0.172.